The van der Waals surface area contributed by atoms with E-state index in [-0.39, 0.29) is 11.4 Å². The van der Waals surface area contributed by atoms with Crippen LogP contribution in [0.25, 0.3) is 0 Å². The third kappa shape index (κ3) is 3.76. The monoisotopic (exact) mass is 303 g/mol. The molecule has 0 aromatic heterocycles. The van der Waals surface area contributed by atoms with Gasteiger partial charge in [-0.25, -0.2) is 0 Å². The maximum atomic E-state index is 12.3. The molecule has 0 saturated heterocycles. The molecule has 0 radical (unpaired) electrons. The number of hydrogen-bond acceptors (Lipinski definition) is 5. The lowest BCUT2D eigenvalue weighted by atomic mass is 10.0. The zero-order valence-electron chi connectivity index (χ0n) is 10.0. The molecule has 0 saturated carbocycles. The minimum atomic E-state index is -1.29. The van der Waals surface area contributed by atoms with Gasteiger partial charge in [-0.05, 0) is 36.8 Å². The van der Waals surface area contributed by atoms with Crippen LogP contribution in [0.15, 0.2) is 34.1 Å². The van der Waals surface area contributed by atoms with Gasteiger partial charge in [-0.2, -0.15) is 0 Å². The molecule has 0 aliphatic carbocycles. The summed E-state index contributed by atoms with van der Waals surface area (Å²) in [7, 11) is 0. The van der Waals surface area contributed by atoms with Gasteiger partial charge in [-0.3, -0.25) is 4.79 Å². The summed E-state index contributed by atoms with van der Waals surface area (Å²) in [6.07, 6.45) is 2.38. The van der Waals surface area contributed by atoms with Gasteiger partial charge >= 0.3 is 0 Å². The van der Waals surface area contributed by atoms with Crippen LogP contribution in [-0.4, -0.2) is 29.6 Å². The fourth-order valence-electron chi connectivity index (χ4n) is 1.41. The highest BCUT2D eigenvalue weighted by Crippen LogP contribution is 2.30. The summed E-state index contributed by atoms with van der Waals surface area (Å²) in [5.74, 6) is -0.277. The van der Waals surface area contributed by atoms with Crippen LogP contribution in [0.2, 0.25) is 5.02 Å². The van der Waals surface area contributed by atoms with Crippen molar-refractivity contribution in [1.29, 1.82) is 0 Å². The van der Waals surface area contributed by atoms with Crippen molar-refractivity contribution >= 4 is 40.9 Å². The summed E-state index contributed by atoms with van der Waals surface area (Å²) in [5, 5.41) is 10.1. The van der Waals surface area contributed by atoms with E-state index in [2.05, 4.69) is 0 Å². The highest BCUT2D eigenvalue weighted by atomic mass is 35.5. The molecule has 3 N–H and O–H groups in total. The lowest BCUT2D eigenvalue weighted by Gasteiger charge is -2.13. The molecule has 98 valence electrons. The van der Waals surface area contributed by atoms with Gasteiger partial charge in [-0.1, -0.05) is 11.6 Å². The van der Waals surface area contributed by atoms with E-state index in [1.54, 1.807) is 24.3 Å². The van der Waals surface area contributed by atoms with E-state index in [4.69, 9.17) is 17.3 Å². The van der Waals surface area contributed by atoms with Gasteiger partial charge in [0.15, 0.2) is 5.78 Å². The van der Waals surface area contributed by atoms with Gasteiger partial charge < -0.3 is 10.8 Å². The van der Waals surface area contributed by atoms with Crippen LogP contribution in [-0.2, 0) is 0 Å². The largest absolute Gasteiger partial charge is 0.374 e. The first kappa shape index (κ1) is 15.6. The second-order valence-corrected chi connectivity index (χ2v) is 5.72. The van der Waals surface area contributed by atoms with Gasteiger partial charge in [0.2, 0.25) is 0 Å². The Morgan fingerprint density at radius 3 is 2.17 bits per heavy atom. The summed E-state index contributed by atoms with van der Waals surface area (Å²) < 4.78 is 0.713. The molecule has 0 amide bonds. The average Bonchev–Trinajstić information content (AvgIpc) is 2.35. The fourth-order valence-corrected chi connectivity index (χ4v) is 3.07. The van der Waals surface area contributed by atoms with Crippen LogP contribution in [0.3, 0.4) is 0 Å². The standard InChI is InChI=1S/C12H14ClNO2S2/c1-17-12(18-2)9(11(14)16)10(15)7-3-5-8(13)6-4-7/h3-6,11,16H,14H2,1-2H3/t11-/m0/s1. The number of nitrogens with two attached hydrogens (primary N) is 1. The summed E-state index contributed by atoms with van der Waals surface area (Å²) in [6, 6.07) is 6.50. The molecule has 1 rings (SSSR count). The molecule has 1 atom stereocenters. The predicted molar refractivity (Wildman–Crippen MR) is 80.0 cm³/mol. The second kappa shape index (κ2) is 7.21. The van der Waals surface area contributed by atoms with E-state index >= 15 is 0 Å². The minimum absolute atomic E-state index is 0.220. The van der Waals surface area contributed by atoms with Gasteiger partial charge in [0.25, 0.3) is 0 Å². The van der Waals surface area contributed by atoms with Crippen LogP contribution < -0.4 is 5.73 Å². The van der Waals surface area contributed by atoms with E-state index in [0.29, 0.717) is 14.8 Å². The SMILES string of the molecule is CSC(SC)=C(C(=O)c1ccc(Cl)cc1)[C@@H](N)O. The third-order valence-corrected chi connectivity index (χ3v) is 4.67. The van der Waals surface area contributed by atoms with Gasteiger partial charge in [0.1, 0.15) is 6.23 Å². The predicted octanol–water partition coefficient (Wildman–Crippen LogP) is 2.74. The number of benzene rings is 1. The van der Waals surface area contributed by atoms with Crippen molar-refractivity contribution in [3.8, 4) is 0 Å². The summed E-state index contributed by atoms with van der Waals surface area (Å²) in [6.45, 7) is 0. The van der Waals surface area contributed by atoms with E-state index in [9.17, 15) is 9.90 Å². The molecule has 0 heterocycles. The van der Waals surface area contributed by atoms with Crippen molar-refractivity contribution in [2.45, 2.75) is 6.23 Å². The Labute approximate surface area is 120 Å². The molecular formula is C12H14ClNO2S2. The Hall–Kier alpha value is -0.460. The molecule has 0 aliphatic heterocycles. The molecule has 0 aliphatic rings. The summed E-state index contributed by atoms with van der Waals surface area (Å²) >= 11 is 8.55. The van der Waals surface area contributed by atoms with Crippen molar-refractivity contribution < 1.29 is 9.90 Å². The fraction of sp³-hybridized carbons (Fsp3) is 0.250. The zero-order valence-corrected chi connectivity index (χ0v) is 12.4. The average molecular weight is 304 g/mol. The van der Waals surface area contributed by atoms with Crippen LogP contribution in [0.1, 0.15) is 10.4 Å². The molecule has 0 spiro atoms. The van der Waals surface area contributed by atoms with Crippen molar-refractivity contribution in [3.05, 3.63) is 44.7 Å². The smallest absolute Gasteiger partial charge is 0.194 e. The number of Topliss-reactive ketones (excluding diaryl/α,β-unsaturated/α-hetero) is 1. The summed E-state index contributed by atoms with van der Waals surface area (Å²) in [5.41, 5.74) is 6.16. The van der Waals surface area contributed by atoms with E-state index < -0.39 is 6.23 Å². The molecular weight excluding hydrogens is 290 g/mol. The Morgan fingerprint density at radius 2 is 1.78 bits per heavy atom. The maximum Gasteiger partial charge on any atom is 0.194 e. The Bertz CT molecular complexity index is 452. The molecule has 0 unspecified atom stereocenters. The van der Waals surface area contributed by atoms with Crippen LogP contribution in [0.4, 0.5) is 0 Å². The van der Waals surface area contributed by atoms with Gasteiger partial charge in [0.05, 0.1) is 9.81 Å². The first-order chi connectivity index (χ1) is 8.51. The Kier molecular flexibility index (Phi) is 6.25. The van der Waals surface area contributed by atoms with Crippen LogP contribution in [0.5, 0.6) is 0 Å². The molecule has 3 nitrogen and oxygen atoms in total. The van der Waals surface area contributed by atoms with Crippen molar-refractivity contribution in [1.82, 2.24) is 0 Å². The highest BCUT2D eigenvalue weighted by molar-refractivity contribution is 8.21. The lowest BCUT2D eigenvalue weighted by molar-refractivity contribution is 0.0990. The second-order valence-electron chi connectivity index (χ2n) is 3.39. The number of aliphatic hydroxyl groups excluding tert-OH is 1. The lowest BCUT2D eigenvalue weighted by Crippen LogP contribution is -2.27. The number of thioether (sulfide) groups is 2. The topological polar surface area (TPSA) is 63.3 Å². The minimum Gasteiger partial charge on any atom is -0.374 e. The molecule has 1 aromatic carbocycles. The molecule has 0 fully saturated rings. The quantitative estimate of drug-likeness (QED) is 0.497. The van der Waals surface area contributed by atoms with Crippen molar-refractivity contribution in [2.75, 3.05) is 12.5 Å². The maximum absolute atomic E-state index is 12.3. The van der Waals surface area contributed by atoms with Crippen LogP contribution >= 0.6 is 35.1 Å². The molecule has 0 bridgehead atoms. The summed E-state index contributed by atoms with van der Waals surface area (Å²) in [4.78, 5) is 12.3. The Morgan fingerprint density at radius 1 is 1.28 bits per heavy atom. The number of hydrogen-bond donors (Lipinski definition) is 2. The number of rotatable bonds is 5. The number of carbonyl (C=O) groups excluding carboxylic acids is 1. The van der Waals surface area contributed by atoms with E-state index in [0.717, 1.165) is 0 Å². The first-order valence-electron chi connectivity index (χ1n) is 5.07. The highest BCUT2D eigenvalue weighted by Gasteiger charge is 2.21. The number of ketones is 1. The number of aliphatic hydroxyl groups is 1. The third-order valence-electron chi connectivity index (χ3n) is 2.24. The zero-order chi connectivity index (χ0) is 13.7. The normalized spacial score (nSPS) is 12.1. The Balaban J connectivity index is 3.19. The first-order valence-corrected chi connectivity index (χ1v) is 7.90. The van der Waals surface area contributed by atoms with Crippen molar-refractivity contribution in [2.24, 2.45) is 5.73 Å². The number of carbonyl (C=O) groups is 1. The van der Waals surface area contributed by atoms with Gasteiger partial charge in [-0.15, -0.1) is 23.5 Å². The van der Waals surface area contributed by atoms with Crippen LogP contribution in [0, 0.1) is 0 Å². The van der Waals surface area contributed by atoms with Gasteiger partial charge in [0, 0.05) is 10.6 Å². The molecule has 6 heteroatoms. The van der Waals surface area contributed by atoms with Crippen molar-refractivity contribution in [3.63, 3.8) is 0 Å². The molecule has 18 heavy (non-hydrogen) atoms. The number of halogens is 1. The molecule has 1 aromatic rings. The van der Waals surface area contributed by atoms with E-state index in [1.165, 1.54) is 23.5 Å². The van der Waals surface area contributed by atoms with E-state index in [1.807, 2.05) is 12.5 Å².